The topological polar surface area (TPSA) is 43.1 Å². The second-order valence-electron chi connectivity index (χ2n) is 5.37. The molecule has 0 bridgehead atoms. The molecule has 1 aromatic carbocycles. The van der Waals surface area contributed by atoms with Gasteiger partial charge in [-0.25, -0.2) is 4.99 Å². The van der Waals surface area contributed by atoms with Gasteiger partial charge in [-0.2, -0.15) is 4.68 Å². The lowest BCUT2D eigenvalue weighted by molar-refractivity contribution is 0.653. The third-order valence-electron chi connectivity index (χ3n) is 3.33. The molecule has 1 atom stereocenters. The van der Waals surface area contributed by atoms with Crippen LogP contribution in [0.1, 0.15) is 42.0 Å². The van der Waals surface area contributed by atoms with Gasteiger partial charge in [0, 0.05) is 7.34 Å². The van der Waals surface area contributed by atoms with Crippen LogP contribution in [-0.4, -0.2) is 20.8 Å². The van der Waals surface area contributed by atoms with Crippen molar-refractivity contribution >= 4 is 16.9 Å². The minimum Gasteiger partial charge on any atom is -0.221 e. The third-order valence-corrected chi connectivity index (χ3v) is 3.33. The Balaban J connectivity index is 0.00000218. The zero-order chi connectivity index (χ0) is 19.4. The fraction of sp³-hybridized carbons (Fsp3) is 0.318. The van der Waals surface area contributed by atoms with Crippen LogP contribution in [0.4, 0.5) is 0 Å². The number of fused-ring (bicyclic) bond motifs is 1. The molecule has 0 aliphatic heterocycles. The highest BCUT2D eigenvalue weighted by molar-refractivity contribution is 6.00. The van der Waals surface area contributed by atoms with E-state index in [-0.39, 0.29) is 1.43 Å². The van der Waals surface area contributed by atoms with Crippen molar-refractivity contribution in [1.29, 1.82) is 0 Å². The Hall–Kier alpha value is -3.11. The number of terminal acetylenes is 1. The highest BCUT2D eigenvalue weighted by Gasteiger charge is 2.07. The first kappa shape index (κ1) is 20.9. The number of benzene rings is 1. The second kappa shape index (κ2) is 11.4. The van der Waals surface area contributed by atoms with Crippen molar-refractivity contribution in [3.63, 3.8) is 0 Å². The molecule has 2 rings (SSSR count). The van der Waals surface area contributed by atoms with E-state index in [0.717, 1.165) is 23.9 Å². The molecule has 136 valence electrons. The van der Waals surface area contributed by atoms with Gasteiger partial charge in [0.1, 0.15) is 11.2 Å². The van der Waals surface area contributed by atoms with Gasteiger partial charge in [0.2, 0.25) is 0 Å². The lowest BCUT2D eigenvalue weighted by atomic mass is 10.1. The number of nitrogens with zero attached hydrogens (tertiary/aromatic N) is 4. The average Bonchev–Trinajstić information content (AvgIpc) is 3.09. The molecule has 0 saturated carbocycles. The monoisotopic (exact) mass is 348 g/mol. The Morgan fingerprint density at radius 1 is 1.42 bits per heavy atom. The van der Waals surface area contributed by atoms with E-state index in [2.05, 4.69) is 53.5 Å². The van der Waals surface area contributed by atoms with Crippen LogP contribution in [0.2, 0.25) is 0 Å². The minimum atomic E-state index is 0. The molecule has 0 saturated heterocycles. The van der Waals surface area contributed by atoms with Gasteiger partial charge in [-0.3, -0.25) is 0 Å². The van der Waals surface area contributed by atoms with E-state index in [0.29, 0.717) is 17.5 Å². The normalized spacial score (nSPS) is 11.9. The maximum Gasteiger partial charge on any atom is 0.157 e. The molecule has 26 heavy (non-hydrogen) atoms. The van der Waals surface area contributed by atoms with E-state index in [1.807, 2.05) is 38.1 Å². The number of hydrogen-bond donors (Lipinski definition) is 0. The largest absolute Gasteiger partial charge is 0.221 e. The van der Waals surface area contributed by atoms with Crippen LogP contribution in [-0.2, 0) is 0 Å². The van der Waals surface area contributed by atoms with Gasteiger partial charge in [-0.1, -0.05) is 69.9 Å². The first-order chi connectivity index (χ1) is 12.7. The molecular formula is C22H28N4. The van der Waals surface area contributed by atoms with Crippen molar-refractivity contribution in [1.82, 2.24) is 15.0 Å². The van der Waals surface area contributed by atoms with E-state index >= 15 is 0 Å². The standard InChI is InChI=1S/C20H20N4.C2H6.H2/c1-5-7-13-20(21-17(4)15-14-16(3)10-6-2)24-19-12-9-8-11-18(19)22-23-24;1-2;/h1,7-9,11-13,16H,4,6,10H2,2-3H3;1-2H3;1H/b13-7-,21-20?;;/t16-;;/m1../s1. The van der Waals surface area contributed by atoms with Gasteiger partial charge in [0.05, 0.1) is 5.52 Å². The smallest absolute Gasteiger partial charge is 0.157 e. The first-order valence-electron chi connectivity index (χ1n) is 8.88. The van der Waals surface area contributed by atoms with Crippen molar-refractivity contribution in [2.45, 2.75) is 40.5 Å². The van der Waals surface area contributed by atoms with Crippen LogP contribution in [0.5, 0.6) is 0 Å². The van der Waals surface area contributed by atoms with Crippen molar-refractivity contribution in [3.8, 4) is 24.2 Å². The van der Waals surface area contributed by atoms with Crippen LogP contribution in [0.25, 0.3) is 11.0 Å². The number of hydrogen-bond acceptors (Lipinski definition) is 3. The maximum absolute atomic E-state index is 5.32. The molecular weight excluding hydrogens is 320 g/mol. The van der Waals surface area contributed by atoms with Crippen LogP contribution < -0.4 is 0 Å². The maximum atomic E-state index is 5.32. The summed E-state index contributed by atoms with van der Waals surface area (Å²) >= 11 is 0. The van der Waals surface area contributed by atoms with Gasteiger partial charge in [0.15, 0.2) is 5.84 Å². The predicted molar refractivity (Wildman–Crippen MR) is 113 cm³/mol. The molecule has 1 heterocycles. The number of para-hydroxylation sites is 1. The zero-order valence-corrected chi connectivity index (χ0v) is 16.0. The molecule has 4 nitrogen and oxygen atoms in total. The van der Waals surface area contributed by atoms with Crippen molar-refractivity contribution in [2.24, 2.45) is 10.9 Å². The summed E-state index contributed by atoms with van der Waals surface area (Å²) in [6, 6.07) is 7.65. The summed E-state index contributed by atoms with van der Waals surface area (Å²) in [5.74, 6) is 9.48. The Labute approximate surface area is 158 Å². The van der Waals surface area contributed by atoms with Crippen molar-refractivity contribution < 1.29 is 1.43 Å². The fourth-order valence-corrected chi connectivity index (χ4v) is 2.19. The molecule has 0 fully saturated rings. The molecule has 2 aromatic rings. The van der Waals surface area contributed by atoms with Gasteiger partial charge < -0.3 is 0 Å². The van der Waals surface area contributed by atoms with E-state index < -0.39 is 0 Å². The number of aliphatic imine (C=N–C) groups is 1. The van der Waals surface area contributed by atoms with Crippen LogP contribution in [0.15, 0.2) is 53.7 Å². The van der Waals surface area contributed by atoms with Crippen molar-refractivity contribution in [2.75, 3.05) is 0 Å². The summed E-state index contributed by atoms with van der Waals surface area (Å²) in [6.45, 7) is 12.2. The molecule has 0 spiro atoms. The summed E-state index contributed by atoms with van der Waals surface area (Å²) < 4.78 is 1.63. The molecule has 0 aliphatic carbocycles. The van der Waals surface area contributed by atoms with Crippen LogP contribution in [0, 0.1) is 30.1 Å². The Morgan fingerprint density at radius 2 is 2.15 bits per heavy atom. The summed E-state index contributed by atoms with van der Waals surface area (Å²) in [6.07, 6.45) is 10.7. The van der Waals surface area contributed by atoms with Gasteiger partial charge in [0.25, 0.3) is 0 Å². The van der Waals surface area contributed by atoms with Gasteiger partial charge in [-0.05, 0) is 36.6 Å². The summed E-state index contributed by atoms with van der Waals surface area (Å²) in [5, 5.41) is 8.29. The quantitative estimate of drug-likeness (QED) is 0.439. The average molecular weight is 348 g/mol. The van der Waals surface area contributed by atoms with E-state index in [1.165, 1.54) is 0 Å². The second-order valence-corrected chi connectivity index (χ2v) is 5.37. The minimum absolute atomic E-state index is 0. The molecule has 0 N–H and O–H groups in total. The van der Waals surface area contributed by atoms with Gasteiger partial charge in [-0.15, -0.1) is 11.5 Å². The summed E-state index contributed by atoms with van der Waals surface area (Å²) in [7, 11) is 0. The van der Waals surface area contributed by atoms with E-state index in [4.69, 9.17) is 6.42 Å². The van der Waals surface area contributed by atoms with Gasteiger partial charge >= 0.3 is 0 Å². The lowest BCUT2D eigenvalue weighted by Crippen LogP contribution is -2.11. The SMILES string of the molecule is C#C/C=C\C(=NC(=C)C#C[C@H](C)CCC)n1nnc2ccccc21.CC.[HH]. The number of aromatic nitrogens is 3. The zero-order valence-electron chi connectivity index (χ0n) is 16.0. The van der Waals surface area contributed by atoms with Crippen LogP contribution >= 0.6 is 0 Å². The Kier molecular flexibility index (Phi) is 9.22. The van der Waals surface area contributed by atoms with E-state index in [9.17, 15) is 0 Å². The predicted octanol–water partition coefficient (Wildman–Crippen LogP) is 5.09. The molecule has 1 aromatic heterocycles. The molecule has 0 radical (unpaired) electrons. The Bertz CT molecular complexity index is 888. The lowest BCUT2D eigenvalue weighted by Gasteiger charge is -2.02. The fourth-order valence-electron chi connectivity index (χ4n) is 2.19. The highest BCUT2D eigenvalue weighted by atomic mass is 15.4. The molecule has 0 aliphatic rings. The third kappa shape index (κ3) is 6.07. The molecule has 4 heteroatoms. The van der Waals surface area contributed by atoms with Crippen molar-refractivity contribution in [3.05, 3.63) is 48.7 Å². The first-order valence-corrected chi connectivity index (χ1v) is 8.88. The van der Waals surface area contributed by atoms with Crippen LogP contribution in [0.3, 0.4) is 0 Å². The van der Waals surface area contributed by atoms with E-state index in [1.54, 1.807) is 16.8 Å². The summed E-state index contributed by atoms with van der Waals surface area (Å²) in [5.41, 5.74) is 2.10. The molecule has 0 amide bonds. The number of rotatable bonds is 4. The Morgan fingerprint density at radius 3 is 2.85 bits per heavy atom. The molecule has 0 unspecified atom stereocenters. The summed E-state index contributed by atoms with van der Waals surface area (Å²) in [4.78, 5) is 4.47. The highest BCUT2D eigenvalue weighted by Crippen LogP contribution is 2.11. The number of allylic oxidation sites excluding steroid dienone is 3.